The van der Waals surface area contributed by atoms with Gasteiger partial charge in [0.1, 0.15) is 6.07 Å². The Morgan fingerprint density at radius 1 is 1.29 bits per heavy atom. The summed E-state index contributed by atoms with van der Waals surface area (Å²) >= 11 is 6.35. The van der Waals surface area contributed by atoms with E-state index in [0.717, 1.165) is 29.8 Å². The molecule has 1 heterocycles. The van der Waals surface area contributed by atoms with Crippen molar-refractivity contribution in [2.45, 2.75) is 51.0 Å². The first-order valence-electron chi connectivity index (χ1n) is 10.8. The third-order valence-electron chi connectivity index (χ3n) is 6.59. The fraction of sp³-hybridized carbons (Fsp3) is 0.400. The van der Waals surface area contributed by atoms with Crippen molar-refractivity contribution < 1.29 is 9.90 Å². The van der Waals surface area contributed by atoms with E-state index in [-0.39, 0.29) is 17.5 Å². The number of carboxylic acid groups (broad SMARTS) is 1. The summed E-state index contributed by atoms with van der Waals surface area (Å²) in [5, 5.41) is 26.2. The standard InChI is InChI=1S/C25H26ClN3O2/c1-16-9-12-21-23(8-4-7-18(13-16)25(30)31)28-29(24(21)17-5-2-3-6-17)20-11-10-19(15-27)22(26)14-20/h4,7,10-11,13-14,17,21,24H,1-3,5-6,8-9,12H2,(H,30,31)/b7-4-,18-13+. The highest BCUT2D eigenvalue weighted by Crippen LogP contribution is 2.43. The van der Waals surface area contributed by atoms with Crippen LogP contribution in [0.3, 0.4) is 0 Å². The van der Waals surface area contributed by atoms with Crippen molar-refractivity contribution in [3.05, 3.63) is 64.7 Å². The molecule has 0 amide bonds. The number of fused-ring (bicyclic) bond motifs is 1. The zero-order valence-corrected chi connectivity index (χ0v) is 18.2. The van der Waals surface area contributed by atoms with Crippen LogP contribution in [-0.2, 0) is 4.79 Å². The van der Waals surface area contributed by atoms with Gasteiger partial charge in [0.05, 0.1) is 27.9 Å². The second kappa shape index (κ2) is 9.11. The van der Waals surface area contributed by atoms with E-state index in [1.807, 2.05) is 18.2 Å². The monoisotopic (exact) mass is 435 g/mol. The maximum Gasteiger partial charge on any atom is 0.335 e. The summed E-state index contributed by atoms with van der Waals surface area (Å²) in [6.45, 7) is 4.09. The number of nitriles is 1. The Morgan fingerprint density at radius 3 is 2.74 bits per heavy atom. The predicted molar refractivity (Wildman–Crippen MR) is 123 cm³/mol. The molecule has 1 aromatic carbocycles. The number of rotatable bonds is 3. The molecular weight excluding hydrogens is 410 g/mol. The van der Waals surface area contributed by atoms with Crippen LogP contribution in [0, 0.1) is 23.2 Å². The van der Waals surface area contributed by atoms with Gasteiger partial charge in [-0.05, 0) is 55.9 Å². The molecule has 0 bridgehead atoms. The van der Waals surface area contributed by atoms with Crippen molar-refractivity contribution in [3.8, 4) is 6.07 Å². The molecule has 3 aliphatic rings. The lowest BCUT2D eigenvalue weighted by Gasteiger charge is -2.33. The van der Waals surface area contributed by atoms with Gasteiger partial charge in [-0.15, -0.1) is 0 Å². The minimum Gasteiger partial charge on any atom is -0.478 e. The lowest BCUT2D eigenvalue weighted by molar-refractivity contribution is -0.132. The number of anilines is 1. The first-order chi connectivity index (χ1) is 15.0. The average Bonchev–Trinajstić information content (AvgIpc) is 3.39. The maximum atomic E-state index is 11.5. The van der Waals surface area contributed by atoms with E-state index in [9.17, 15) is 15.2 Å². The highest BCUT2D eigenvalue weighted by Gasteiger charge is 2.42. The van der Waals surface area contributed by atoms with Crippen LogP contribution in [-0.4, -0.2) is 22.8 Å². The van der Waals surface area contributed by atoms with Crippen molar-refractivity contribution in [1.82, 2.24) is 0 Å². The lowest BCUT2D eigenvalue weighted by atomic mass is 9.80. The molecule has 0 aromatic heterocycles. The molecule has 0 saturated heterocycles. The van der Waals surface area contributed by atoms with Gasteiger partial charge in [0, 0.05) is 18.1 Å². The highest BCUT2D eigenvalue weighted by molar-refractivity contribution is 6.32. The van der Waals surface area contributed by atoms with E-state index in [1.165, 1.54) is 25.7 Å². The first-order valence-corrected chi connectivity index (χ1v) is 11.2. The van der Waals surface area contributed by atoms with Crippen molar-refractivity contribution in [2.75, 3.05) is 5.01 Å². The van der Waals surface area contributed by atoms with Gasteiger partial charge in [-0.25, -0.2) is 4.79 Å². The number of hydrogen-bond acceptors (Lipinski definition) is 4. The Hall–Kier alpha value is -2.84. The fourth-order valence-corrected chi connectivity index (χ4v) is 5.31. The maximum absolute atomic E-state index is 11.5. The van der Waals surface area contributed by atoms with E-state index in [2.05, 4.69) is 17.7 Å². The van der Waals surface area contributed by atoms with E-state index in [0.29, 0.717) is 22.9 Å². The highest BCUT2D eigenvalue weighted by atomic mass is 35.5. The molecule has 0 radical (unpaired) electrons. The van der Waals surface area contributed by atoms with Crippen LogP contribution >= 0.6 is 11.6 Å². The Bertz CT molecular complexity index is 1030. The molecule has 2 atom stereocenters. The van der Waals surface area contributed by atoms with E-state index >= 15 is 0 Å². The van der Waals surface area contributed by atoms with E-state index in [1.54, 1.807) is 18.2 Å². The molecule has 1 fully saturated rings. The Morgan fingerprint density at radius 2 is 2.06 bits per heavy atom. The van der Waals surface area contributed by atoms with Gasteiger partial charge in [0.2, 0.25) is 0 Å². The molecule has 31 heavy (non-hydrogen) atoms. The number of nitrogens with zero attached hydrogens (tertiary/aromatic N) is 3. The predicted octanol–water partition coefficient (Wildman–Crippen LogP) is 5.87. The molecule has 160 valence electrons. The summed E-state index contributed by atoms with van der Waals surface area (Å²) in [7, 11) is 0. The van der Waals surface area contributed by atoms with Crippen molar-refractivity contribution in [3.63, 3.8) is 0 Å². The molecule has 1 aliphatic heterocycles. The van der Waals surface area contributed by atoms with Gasteiger partial charge in [-0.2, -0.15) is 10.4 Å². The van der Waals surface area contributed by atoms with Gasteiger partial charge < -0.3 is 5.11 Å². The van der Waals surface area contributed by atoms with E-state index < -0.39 is 5.97 Å². The number of carbonyl (C=O) groups is 1. The number of hydrazone groups is 1. The summed E-state index contributed by atoms with van der Waals surface area (Å²) < 4.78 is 0. The third-order valence-corrected chi connectivity index (χ3v) is 6.90. The summed E-state index contributed by atoms with van der Waals surface area (Å²) in [4.78, 5) is 11.5. The molecule has 0 spiro atoms. The number of allylic oxidation sites excluding steroid dienone is 3. The SMILES string of the molecule is C=C1/C=C(C(=O)O)\C=C/CC2=NN(c3ccc(C#N)c(Cl)c3)C(C3CCCC3)C2CC1. The first kappa shape index (κ1) is 21.4. The molecule has 2 unspecified atom stereocenters. The van der Waals surface area contributed by atoms with Gasteiger partial charge >= 0.3 is 5.97 Å². The van der Waals surface area contributed by atoms with Crippen molar-refractivity contribution in [2.24, 2.45) is 16.9 Å². The van der Waals surface area contributed by atoms with Crippen LogP contribution < -0.4 is 5.01 Å². The molecule has 5 nitrogen and oxygen atoms in total. The zero-order valence-electron chi connectivity index (χ0n) is 17.4. The van der Waals surface area contributed by atoms with Crippen LogP contribution in [0.1, 0.15) is 50.5 Å². The number of benzene rings is 1. The minimum absolute atomic E-state index is 0.241. The number of carboxylic acids is 1. The fourth-order valence-electron chi connectivity index (χ4n) is 5.09. The summed E-state index contributed by atoms with van der Waals surface area (Å²) in [6, 6.07) is 7.87. The molecule has 6 heteroatoms. The third kappa shape index (κ3) is 4.45. The van der Waals surface area contributed by atoms with Gasteiger partial charge in [-0.3, -0.25) is 5.01 Å². The molecule has 1 aromatic rings. The quantitative estimate of drug-likeness (QED) is 0.644. The Balaban J connectivity index is 1.71. The normalized spacial score (nSPS) is 27.1. The molecule has 4 rings (SSSR count). The Labute approximate surface area is 188 Å². The van der Waals surface area contributed by atoms with Gasteiger partial charge in [0.25, 0.3) is 0 Å². The van der Waals surface area contributed by atoms with Crippen molar-refractivity contribution >= 4 is 29.0 Å². The van der Waals surface area contributed by atoms with Crippen LogP contribution in [0.25, 0.3) is 0 Å². The molecule has 1 N–H and O–H groups in total. The molecular formula is C25H26ClN3O2. The topological polar surface area (TPSA) is 76.7 Å². The zero-order chi connectivity index (χ0) is 22.0. The second-order valence-corrected chi connectivity index (χ2v) is 8.97. The molecule has 1 saturated carbocycles. The number of aliphatic carboxylic acids is 1. The second-order valence-electron chi connectivity index (χ2n) is 8.56. The van der Waals surface area contributed by atoms with Crippen LogP contribution in [0.15, 0.2) is 59.3 Å². The molecule has 2 aliphatic carbocycles. The number of hydrogen-bond donors (Lipinski definition) is 1. The lowest BCUT2D eigenvalue weighted by Crippen LogP contribution is -2.39. The average molecular weight is 436 g/mol. The van der Waals surface area contributed by atoms with Gasteiger partial charge in [-0.1, -0.05) is 48.7 Å². The van der Waals surface area contributed by atoms with Crippen molar-refractivity contribution in [1.29, 1.82) is 5.26 Å². The smallest absolute Gasteiger partial charge is 0.335 e. The summed E-state index contributed by atoms with van der Waals surface area (Å²) in [6.07, 6.45) is 12.3. The van der Waals surface area contributed by atoms with Crippen LogP contribution in [0.5, 0.6) is 0 Å². The largest absolute Gasteiger partial charge is 0.478 e. The van der Waals surface area contributed by atoms with Gasteiger partial charge in [0.15, 0.2) is 0 Å². The summed E-state index contributed by atoms with van der Waals surface area (Å²) in [5.41, 5.74) is 3.52. The minimum atomic E-state index is -0.944. The summed E-state index contributed by atoms with van der Waals surface area (Å²) in [5.74, 6) is -0.120. The van der Waals surface area contributed by atoms with E-state index in [4.69, 9.17) is 16.7 Å². The van der Waals surface area contributed by atoms with Crippen LogP contribution in [0.2, 0.25) is 5.02 Å². The Kier molecular flexibility index (Phi) is 6.29. The van der Waals surface area contributed by atoms with Crippen LogP contribution in [0.4, 0.5) is 5.69 Å². The number of halogens is 1.